The van der Waals surface area contributed by atoms with Crippen LogP contribution in [-0.4, -0.2) is 60.5 Å². The number of ether oxygens (including phenoxy) is 2. The van der Waals surface area contributed by atoms with E-state index < -0.39 is 6.10 Å². The van der Waals surface area contributed by atoms with E-state index in [1.807, 2.05) is 56.3 Å². The molecule has 0 N–H and O–H groups in total. The van der Waals surface area contributed by atoms with Crippen LogP contribution in [0.3, 0.4) is 0 Å². The number of piperazine rings is 1. The summed E-state index contributed by atoms with van der Waals surface area (Å²) in [5.41, 5.74) is 3.41. The third-order valence-corrected chi connectivity index (χ3v) is 5.98. The number of nitrogens with zero attached hydrogens (tertiary/aromatic N) is 2. The van der Waals surface area contributed by atoms with Crippen molar-refractivity contribution in [1.82, 2.24) is 9.80 Å². The van der Waals surface area contributed by atoms with Crippen molar-refractivity contribution in [3.63, 3.8) is 0 Å². The fraction of sp³-hybridized carbons (Fsp3) is 0.462. The van der Waals surface area contributed by atoms with Crippen LogP contribution >= 0.6 is 0 Å². The molecule has 6 heteroatoms. The van der Waals surface area contributed by atoms with Gasteiger partial charge < -0.3 is 19.3 Å². The fourth-order valence-corrected chi connectivity index (χ4v) is 3.78. The lowest BCUT2D eigenvalue weighted by Gasteiger charge is -2.36. The van der Waals surface area contributed by atoms with Crippen LogP contribution in [0.5, 0.6) is 11.5 Å². The van der Waals surface area contributed by atoms with Crippen LogP contribution in [0, 0.1) is 13.8 Å². The molecule has 0 spiro atoms. The molecule has 32 heavy (non-hydrogen) atoms. The summed E-state index contributed by atoms with van der Waals surface area (Å²) in [6, 6.07) is 13.6. The molecular weight excluding hydrogens is 404 g/mol. The van der Waals surface area contributed by atoms with E-state index >= 15 is 0 Å². The van der Waals surface area contributed by atoms with Gasteiger partial charge in [-0.2, -0.15) is 0 Å². The van der Waals surface area contributed by atoms with E-state index in [1.165, 1.54) is 5.56 Å². The number of hydrogen-bond acceptors (Lipinski definition) is 4. The minimum Gasteiger partial charge on any atom is -0.484 e. The number of carbonyl (C=O) groups excluding carboxylic acids is 2. The third kappa shape index (κ3) is 5.81. The minimum atomic E-state index is -0.578. The Bertz CT molecular complexity index is 949. The molecule has 1 aliphatic heterocycles. The Balaban J connectivity index is 1.48. The Hall–Kier alpha value is -3.02. The van der Waals surface area contributed by atoms with Crippen molar-refractivity contribution in [1.29, 1.82) is 0 Å². The summed E-state index contributed by atoms with van der Waals surface area (Å²) < 4.78 is 11.7. The van der Waals surface area contributed by atoms with Crippen LogP contribution in [0.1, 0.15) is 43.4 Å². The Morgan fingerprint density at radius 3 is 2.22 bits per heavy atom. The molecule has 0 radical (unpaired) electrons. The topological polar surface area (TPSA) is 59.1 Å². The van der Waals surface area contributed by atoms with Crippen molar-refractivity contribution >= 4 is 11.8 Å². The Morgan fingerprint density at radius 1 is 0.906 bits per heavy atom. The number of hydrogen-bond donors (Lipinski definition) is 0. The summed E-state index contributed by atoms with van der Waals surface area (Å²) in [6.45, 7) is 12.0. The van der Waals surface area contributed by atoms with Gasteiger partial charge in [-0.05, 0) is 61.6 Å². The average molecular weight is 439 g/mol. The number of carbonyl (C=O) groups is 2. The molecule has 2 aromatic rings. The van der Waals surface area contributed by atoms with Gasteiger partial charge in [0.15, 0.2) is 12.7 Å². The first-order valence-corrected chi connectivity index (χ1v) is 11.3. The zero-order valence-electron chi connectivity index (χ0n) is 19.8. The maximum Gasteiger partial charge on any atom is 0.263 e. The van der Waals surface area contributed by atoms with E-state index in [9.17, 15) is 9.59 Å². The fourth-order valence-electron chi connectivity index (χ4n) is 3.78. The molecule has 1 heterocycles. The predicted octanol–water partition coefficient (Wildman–Crippen LogP) is 3.94. The third-order valence-electron chi connectivity index (χ3n) is 5.98. The molecule has 2 aromatic carbocycles. The second kappa shape index (κ2) is 10.5. The molecule has 0 aromatic heterocycles. The average Bonchev–Trinajstić information content (AvgIpc) is 2.79. The lowest BCUT2D eigenvalue weighted by Crippen LogP contribution is -2.54. The Morgan fingerprint density at radius 2 is 1.56 bits per heavy atom. The summed E-state index contributed by atoms with van der Waals surface area (Å²) in [7, 11) is 0. The molecule has 0 aliphatic carbocycles. The highest BCUT2D eigenvalue weighted by Gasteiger charge is 2.28. The summed E-state index contributed by atoms with van der Waals surface area (Å²) in [5, 5.41) is 0. The first-order chi connectivity index (χ1) is 15.3. The van der Waals surface area contributed by atoms with Crippen molar-refractivity contribution < 1.29 is 19.1 Å². The number of benzene rings is 2. The van der Waals surface area contributed by atoms with Crippen LogP contribution in [0.2, 0.25) is 0 Å². The largest absolute Gasteiger partial charge is 0.484 e. The monoisotopic (exact) mass is 438 g/mol. The lowest BCUT2D eigenvalue weighted by molar-refractivity contribution is -0.144. The summed E-state index contributed by atoms with van der Waals surface area (Å²) in [6.07, 6.45) is -0.578. The van der Waals surface area contributed by atoms with Crippen molar-refractivity contribution in [2.45, 2.75) is 46.6 Å². The van der Waals surface area contributed by atoms with E-state index in [-0.39, 0.29) is 18.4 Å². The molecule has 3 rings (SSSR count). The standard InChI is InChI=1S/C26H34N2O4/c1-18(2)23-8-6-7-9-24(23)32-21(5)26(30)28-14-12-27(13-15-28)25(29)17-31-22-11-10-19(3)20(4)16-22/h6-11,16,18,21H,12-15,17H2,1-5H3. The van der Waals surface area contributed by atoms with Gasteiger partial charge in [-0.15, -0.1) is 0 Å². The Labute approximate surface area is 191 Å². The highest BCUT2D eigenvalue weighted by Crippen LogP contribution is 2.27. The lowest BCUT2D eigenvalue weighted by atomic mass is 10.0. The van der Waals surface area contributed by atoms with E-state index in [1.54, 1.807) is 16.7 Å². The zero-order chi connectivity index (χ0) is 23.3. The van der Waals surface area contributed by atoms with Gasteiger partial charge in [0.05, 0.1) is 0 Å². The second-order valence-electron chi connectivity index (χ2n) is 8.69. The molecule has 1 unspecified atom stereocenters. The molecule has 172 valence electrons. The van der Waals surface area contributed by atoms with Gasteiger partial charge in [0.1, 0.15) is 11.5 Å². The molecular formula is C26H34N2O4. The molecule has 0 bridgehead atoms. The van der Waals surface area contributed by atoms with Gasteiger partial charge in [0.25, 0.3) is 11.8 Å². The van der Waals surface area contributed by atoms with Gasteiger partial charge in [-0.3, -0.25) is 9.59 Å². The van der Waals surface area contributed by atoms with Gasteiger partial charge in [0, 0.05) is 26.2 Å². The molecule has 6 nitrogen and oxygen atoms in total. The highest BCUT2D eigenvalue weighted by atomic mass is 16.5. The summed E-state index contributed by atoms with van der Waals surface area (Å²) in [4.78, 5) is 29.0. The van der Waals surface area contributed by atoms with E-state index in [4.69, 9.17) is 9.47 Å². The highest BCUT2D eigenvalue weighted by molar-refractivity contribution is 5.82. The quantitative estimate of drug-likeness (QED) is 0.657. The van der Waals surface area contributed by atoms with Gasteiger partial charge in [0.2, 0.25) is 0 Å². The first-order valence-electron chi connectivity index (χ1n) is 11.3. The van der Waals surface area contributed by atoms with E-state index in [2.05, 4.69) is 13.8 Å². The first kappa shape index (κ1) is 23.6. The number of amides is 2. The van der Waals surface area contributed by atoms with Crippen LogP contribution in [0.15, 0.2) is 42.5 Å². The van der Waals surface area contributed by atoms with Crippen molar-refractivity contribution in [3.05, 3.63) is 59.2 Å². The summed E-state index contributed by atoms with van der Waals surface area (Å²) in [5.74, 6) is 1.64. The maximum absolute atomic E-state index is 12.9. The Kier molecular flexibility index (Phi) is 7.78. The van der Waals surface area contributed by atoms with E-state index in [0.717, 1.165) is 16.9 Å². The number of para-hydroxylation sites is 1. The molecule has 1 fully saturated rings. The minimum absolute atomic E-state index is 0.00193. The molecule has 1 saturated heterocycles. The predicted molar refractivity (Wildman–Crippen MR) is 125 cm³/mol. The van der Waals surface area contributed by atoms with Crippen molar-refractivity contribution in [3.8, 4) is 11.5 Å². The molecule has 0 saturated carbocycles. The smallest absolute Gasteiger partial charge is 0.263 e. The van der Waals surface area contributed by atoms with Crippen LogP contribution in [0.25, 0.3) is 0 Å². The molecule has 1 aliphatic rings. The normalized spacial score (nSPS) is 14.9. The SMILES string of the molecule is Cc1ccc(OCC(=O)N2CCN(C(=O)C(C)Oc3ccccc3C(C)C)CC2)cc1C. The zero-order valence-corrected chi connectivity index (χ0v) is 19.8. The van der Waals surface area contributed by atoms with E-state index in [0.29, 0.717) is 37.8 Å². The van der Waals surface area contributed by atoms with Crippen molar-refractivity contribution in [2.24, 2.45) is 0 Å². The van der Waals surface area contributed by atoms with Gasteiger partial charge >= 0.3 is 0 Å². The summed E-state index contributed by atoms with van der Waals surface area (Å²) >= 11 is 0. The number of rotatable bonds is 7. The van der Waals surface area contributed by atoms with Crippen LogP contribution in [-0.2, 0) is 9.59 Å². The van der Waals surface area contributed by atoms with Crippen LogP contribution in [0.4, 0.5) is 0 Å². The van der Waals surface area contributed by atoms with Crippen LogP contribution < -0.4 is 9.47 Å². The maximum atomic E-state index is 12.9. The molecule has 1 atom stereocenters. The number of aryl methyl sites for hydroxylation is 2. The van der Waals surface area contributed by atoms with Gasteiger partial charge in [-0.25, -0.2) is 0 Å². The second-order valence-corrected chi connectivity index (χ2v) is 8.69. The van der Waals surface area contributed by atoms with Crippen molar-refractivity contribution in [2.75, 3.05) is 32.8 Å². The molecule has 2 amide bonds. The van der Waals surface area contributed by atoms with Gasteiger partial charge in [-0.1, -0.05) is 38.1 Å².